The largest absolute Gasteiger partial charge is 0.467 e. The van der Waals surface area contributed by atoms with Crippen LogP contribution in [-0.4, -0.2) is 35.2 Å². The molecule has 108 valence electrons. The second-order valence-electron chi connectivity index (χ2n) is 4.07. The van der Waals surface area contributed by atoms with E-state index in [0.717, 1.165) is 18.8 Å². The van der Waals surface area contributed by atoms with Crippen molar-refractivity contribution in [2.45, 2.75) is 20.4 Å². The normalized spacial score (nSPS) is 10.3. The summed E-state index contributed by atoms with van der Waals surface area (Å²) in [6.45, 7) is 6.10. The van der Waals surface area contributed by atoms with Crippen molar-refractivity contribution in [3.05, 3.63) is 24.2 Å². The number of hydrogen-bond donors (Lipinski definition) is 1. The van der Waals surface area contributed by atoms with Crippen molar-refractivity contribution in [2.24, 2.45) is 0 Å². The van der Waals surface area contributed by atoms with Crippen LogP contribution in [0.4, 0.5) is 11.9 Å². The van der Waals surface area contributed by atoms with Gasteiger partial charge in [0.15, 0.2) is 0 Å². The summed E-state index contributed by atoms with van der Waals surface area (Å²) in [5.41, 5.74) is 0. The molecule has 0 fully saturated rings. The Kier molecular flexibility index (Phi) is 4.75. The number of anilines is 2. The SMILES string of the molecule is CCNc1nc(OC)nc(N(CC)Cc2ccco2)n1. The zero-order valence-electron chi connectivity index (χ0n) is 12.0. The van der Waals surface area contributed by atoms with Crippen LogP contribution >= 0.6 is 0 Å². The van der Waals surface area contributed by atoms with Gasteiger partial charge >= 0.3 is 6.01 Å². The molecule has 2 aromatic heterocycles. The van der Waals surface area contributed by atoms with Gasteiger partial charge in [0, 0.05) is 13.1 Å². The summed E-state index contributed by atoms with van der Waals surface area (Å²) in [4.78, 5) is 14.8. The molecule has 2 heterocycles. The number of nitrogens with zero attached hydrogens (tertiary/aromatic N) is 4. The van der Waals surface area contributed by atoms with Crippen molar-refractivity contribution in [3.8, 4) is 6.01 Å². The molecule has 0 saturated heterocycles. The van der Waals surface area contributed by atoms with E-state index in [2.05, 4.69) is 20.3 Å². The van der Waals surface area contributed by atoms with Crippen molar-refractivity contribution in [1.82, 2.24) is 15.0 Å². The molecule has 0 atom stereocenters. The van der Waals surface area contributed by atoms with Crippen LogP contribution in [-0.2, 0) is 6.54 Å². The van der Waals surface area contributed by atoms with Gasteiger partial charge in [0.25, 0.3) is 0 Å². The maximum Gasteiger partial charge on any atom is 0.322 e. The molecule has 7 heteroatoms. The predicted molar refractivity (Wildman–Crippen MR) is 76.0 cm³/mol. The highest BCUT2D eigenvalue weighted by atomic mass is 16.5. The first kappa shape index (κ1) is 14.1. The van der Waals surface area contributed by atoms with Crippen molar-refractivity contribution >= 4 is 11.9 Å². The minimum absolute atomic E-state index is 0.295. The monoisotopic (exact) mass is 277 g/mol. The first-order valence-electron chi connectivity index (χ1n) is 6.58. The molecule has 0 bridgehead atoms. The Bertz CT molecular complexity index is 530. The number of furan rings is 1. The lowest BCUT2D eigenvalue weighted by Crippen LogP contribution is -2.25. The molecule has 0 saturated carbocycles. The van der Waals surface area contributed by atoms with Crippen LogP contribution in [0.2, 0.25) is 0 Å². The molecule has 1 N–H and O–H groups in total. The van der Waals surface area contributed by atoms with Crippen molar-refractivity contribution in [3.63, 3.8) is 0 Å². The third kappa shape index (κ3) is 3.37. The van der Waals surface area contributed by atoms with Gasteiger partial charge in [-0.2, -0.15) is 15.0 Å². The van der Waals surface area contributed by atoms with Crippen LogP contribution in [0.1, 0.15) is 19.6 Å². The summed E-state index contributed by atoms with van der Waals surface area (Å²) in [6, 6.07) is 4.08. The fourth-order valence-electron chi connectivity index (χ4n) is 1.73. The average molecular weight is 277 g/mol. The molecule has 0 radical (unpaired) electrons. The molecule has 0 spiro atoms. The van der Waals surface area contributed by atoms with Gasteiger partial charge in [-0.3, -0.25) is 0 Å². The zero-order valence-corrected chi connectivity index (χ0v) is 12.0. The maximum atomic E-state index is 5.36. The molecule has 0 unspecified atom stereocenters. The molecule has 0 aliphatic heterocycles. The number of ether oxygens (including phenoxy) is 1. The van der Waals surface area contributed by atoms with E-state index in [9.17, 15) is 0 Å². The molecule has 7 nitrogen and oxygen atoms in total. The summed E-state index contributed by atoms with van der Waals surface area (Å²) in [5, 5.41) is 3.07. The Morgan fingerprint density at radius 1 is 1.30 bits per heavy atom. The summed E-state index contributed by atoms with van der Waals surface area (Å²) < 4.78 is 10.5. The van der Waals surface area contributed by atoms with Gasteiger partial charge in [-0.1, -0.05) is 0 Å². The highest BCUT2D eigenvalue weighted by molar-refractivity contribution is 5.38. The second kappa shape index (κ2) is 6.74. The molecule has 0 aliphatic carbocycles. The summed E-state index contributed by atoms with van der Waals surface area (Å²) in [5.74, 6) is 1.93. The lowest BCUT2D eigenvalue weighted by molar-refractivity contribution is 0.378. The van der Waals surface area contributed by atoms with Crippen LogP contribution in [0.3, 0.4) is 0 Å². The van der Waals surface area contributed by atoms with E-state index in [1.165, 1.54) is 7.11 Å². The van der Waals surface area contributed by atoms with Gasteiger partial charge in [0.2, 0.25) is 11.9 Å². The quantitative estimate of drug-likeness (QED) is 0.828. The molecule has 2 aromatic rings. The van der Waals surface area contributed by atoms with Crippen LogP contribution in [0, 0.1) is 0 Å². The lowest BCUT2D eigenvalue weighted by atomic mass is 10.4. The van der Waals surface area contributed by atoms with Crippen LogP contribution in [0.25, 0.3) is 0 Å². The minimum Gasteiger partial charge on any atom is -0.467 e. The van der Waals surface area contributed by atoms with Crippen LogP contribution in [0.5, 0.6) is 6.01 Å². The van der Waals surface area contributed by atoms with E-state index in [4.69, 9.17) is 9.15 Å². The molecular formula is C13H19N5O2. The second-order valence-corrected chi connectivity index (χ2v) is 4.07. The van der Waals surface area contributed by atoms with Gasteiger partial charge in [0.1, 0.15) is 5.76 Å². The first-order chi connectivity index (χ1) is 9.76. The fourth-order valence-corrected chi connectivity index (χ4v) is 1.73. The number of methoxy groups -OCH3 is 1. The summed E-state index contributed by atoms with van der Waals surface area (Å²) in [6.07, 6.45) is 1.65. The topological polar surface area (TPSA) is 76.3 Å². The Hall–Kier alpha value is -2.31. The first-order valence-corrected chi connectivity index (χ1v) is 6.58. The van der Waals surface area contributed by atoms with Crippen molar-refractivity contribution < 1.29 is 9.15 Å². The third-order valence-electron chi connectivity index (χ3n) is 2.71. The highest BCUT2D eigenvalue weighted by Gasteiger charge is 2.14. The predicted octanol–water partition coefficient (Wildman–Crippen LogP) is 1.93. The van der Waals surface area contributed by atoms with Crippen LogP contribution < -0.4 is 15.0 Å². The van der Waals surface area contributed by atoms with Crippen molar-refractivity contribution in [1.29, 1.82) is 0 Å². The number of nitrogens with one attached hydrogen (secondary N) is 1. The molecule has 0 amide bonds. The van der Waals surface area contributed by atoms with Gasteiger partial charge in [0.05, 0.1) is 19.9 Å². The summed E-state index contributed by atoms with van der Waals surface area (Å²) >= 11 is 0. The van der Waals surface area contributed by atoms with Gasteiger partial charge < -0.3 is 19.4 Å². The molecule has 0 aromatic carbocycles. The fraction of sp³-hybridized carbons (Fsp3) is 0.462. The Morgan fingerprint density at radius 3 is 2.75 bits per heavy atom. The number of hydrogen-bond acceptors (Lipinski definition) is 7. The van der Waals surface area contributed by atoms with E-state index in [0.29, 0.717) is 24.5 Å². The smallest absolute Gasteiger partial charge is 0.322 e. The molecular weight excluding hydrogens is 258 g/mol. The van der Waals surface area contributed by atoms with E-state index in [1.54, 1.807) is 6.26 Å². The van der Waals surface area contributed by atoms with Gasteiger partial charge in [-0.05, 0) is 26.0 Å². The third-order valence-corrected chi connectivity index (χ3v) is 2.71. The summed E-state index contributed by atoms with van der Waals surface area (Å²) in [7, 11) is 1.54. The number of rotatable bonds is 7. The zero-order chi connectivity index (χ0) is 14.4. The standard InChI is InChI=1S/C13H19N5O2/c1-4-14-11-15-12(17-13(16-11)19-3)18(5-2)9-10-7-6-8-20-10/h6-8H,4-5,9H2,1-3H3,(H,14,15,16,17). The highest BCUT2D eigenvalue weighted by Crippen LogP contribution is 2.17. The molecule has 0 aliphatic rings. The Labute approximate surface area is 118 Å². The van der Waals surface area contributed by atoms with E-state index in [-0.39, 0.29) is 0 Å². The minimum atomic E-state index is 0.295. The molecule has 2 rings (SSSR count). The lowest BCUT2D eigenvalue weighted by Gasteiger charge is -2.20. The Morgan fingerprint density at radius 2 is 2.15 bits per heavy atom. The van der Waals surface area contributed by atoms with E-state index >= 15 is 0 Å². The van der Waals surface area contributed by atoms with Gasteiger partial charge in [-0.15, -0.1) is 0 Å². The van der Waals surface area contributed by atoms with Crippen LogP contribution in [0.15, 0.2) is 22.8 Å². The molecule has 20 heavy (non-hydrogen) atoms. The van der Waals surface area contributed by atoms with E-state index in [1.807, 2.05) is 30.9 Å². The number of aromatic nitrogens is 3. The maximum absolute atomic E-state index is 5.36. The average Bonchev–Trinajstić information content (AvgIpc) is 2.97. The van der Waals surface area contributed by atoms with Gasteiger partial charge in [-0.25, -0.2) is 0 Å². The van der Waals surface area contributed by atoms with Crippen molar-refractivity contribution in [2.75, 3.05) is 30.4 Å². The van der Waals surface area contributed by atoms with E-state index < -0.39 is 0 Å². The Balaban J connectivity index is 2.25.